The molecule has 1 heterocycles. The Morgan fingerprint density at radius 2 is 1.56 bits per heavy atom. The van der Waals surface area contributed by atoms with Crippen molar-refractivity contribution in [3.63, 3.8) is 0 Å². The molecule has 3 amide bonds. The minimum atomic E-state index is -4.55. The first-order valence-electron chi connectivity index (χ1n) is 10.7. The average molecular weight is 514 g/mol. The van der Waals surface area contributed by atoms with E-state index in [0.717, 1.165) is 28.2 Å². The van der Waals surface area contributed by atoms with Gasteiger partial charge in [-0.05, 0) is 73.5 Å². The van der Waals surface area contributed by atoms with Gasteiger partial charge in [-0.25, -0.2) is 4.90 Å². The van der Waals surface area contributed by atoms with E-state index in [1.54, 1.807) is 24.3 Å². The van der Waals surface area contributed by atoms with Crippen molar-refractivity contribution in [2.24, 2.45) is 0 Å². The molecule has 0 radical (unpaired) electrons. The molecule has 2 N–H and O–H groups in total. The van der Waals surface area contributed by atoms with E-state index in [1.807, 2.05) is 13.8 Å². The minimum Gasteiger partial charge on any atom is -0.350 e. The summed E-state index contributed by atoms with van der Waals surface area (Å²) in [5.41, 5.74) is 1.57. The fourth-order valence-corrected chi connectivity index (χ4v) is 3.78. The highest BCUT2D eigenvalue weighted by Crippen LogP contribution is 2.32. The number of halogens is 4. The van der Waals surface area contributed by atoms with Crippen molar-refractivity contribution in [2.45, 2.75) is 20.0 Å². The minimum absolute atomic E-state index is 0.0282. The Bertz CT molecular complexity index is 1430. The smallest absolute Gasteiger partial charge is 0.350 e. The summed E-state index contributed by atoms with van der Waals surface area (Å²) in [6.07, 6.45) is -4.55. The zero-order valence-corrected chi connectivity index (χ0v) is 19.8. The Balaban J connectivity index is 1.53. The maximum absolute atomic E-state index is 13.0. The maximum atomic E-state index is 13.0. The third-order valence-corrected chi connectivity index (χ3v) is 5.97. The van der Waals surface area contributed by atoms with Gasteiger partial charge < -0.3 is 10.6 Å². The van der Waals surface area contributed by atoms with Gasteiger partial charge in [0.1, 0.15) is 10.7 Å². The Kier molecular flexibility index (Phi) is 6.60. The largest absolute Gasteiger partial charge is 0.416 e. The van der Waals surface area contributed by atoms with Gasteiger partial charge in [0.2, 0.25) is 0 Å². The summed E-state index contributed by atoms with van der Waals surface area (Å²) >= 11 is 6.18. The number of alkyl halides is 3. The molecule has 1 aliphatic heterocycles. The molecule has 0 bridgehead atoms. The standard InChI is InChI=1S/C26H19ClF3N3O3/c1-14-9-10-20(11-15(14)2)33-24(35)21(27)22(25(33)36)31-18-7-3-5-16(12-18)23(34)32-19-8-4-6-17(13-19)26(28,29)30/h3-13,31H,1-2H3,(H,32,34). The summed E-state index contributed by atoms with van der Waals surface area (Å²) in [4.78, 5) is 39.4. The third kappa shape index (κ3) is 4.96. The van der Waals surface area contributed by atoms with E-state index < -0.39 is 29.5 Å². The van der Waals surface area contributed by atoms with Crippen LogP contribution in [-0.2, 0) is 15.8 Å². The van der Waals surface area contributed by atoms with Crippen molar-refractivity contribution < 1.29 is 27.6 Å². The van der Waals surface area contributed by atoms with Crippen LogP contribution in [-0.4, -0.2) is 17.7 Å². The van der Waals surface area contributed by atoms with E-state index in [4.69, 9.17) is 11.6 Å². The number of hydrogen-bond donors (Lipinski definition) is 2. The molecule has 184 valence electrons. The Labute approximate surface area is 209 Å². The predicted octanol–water partition coefficient (Wildman–Crippen LogP) is 6.01. The van der Waals surface area contributed by atoms with Crippen LogP contribution in [0.4, 0.5) is 30.2 Å². The predicted molar refractivity (Wildman–Crippen MR) is 131 cm³/mol. The number of imide groups is 1. The van der Waals surface area contributed by atoms with Gasteiger partial charge in [0.25, 0.3) is 17.7 Å². The summed E-state index contributed by atoms with van der Waals surface area (Å²) < 4.78 is 38.8. The second-order valence-corrected chi connectivity index (χ2v) is 8.52. The lowest BCUT2D eigenvalue weighted by Gasteiger charge is -2.16. The van der Waals surface area contributed by atoms with Gasteiger partial charge in [0.15, 0.2) is 0 Å². The molecule has 6 nitrogen and oxygen atoms in total. The summed E-state index contributed by atoms with van der Waals surface area (Å²) in [5, 5.41) is 4.90. The molecule has 3 aromatic rings. The van der Waals surface area contributed by atoms with Crippen LogP contribution in [0.3, 0.4) is 0 Å². The molecule has 0 saturated heterocycles. The normalized spacial score (nSPS) is 13.9. The molecule has 0 spiro atoms. The molecule has 10 heteroatoms. The number of anilines is 3. The van der Waals surface area contributed by atoms with Crippen LogP contribution in [0.15, 0.2) is 77.5 Å². The fraction of sp³-hybridized carbons (Fsp3) is 0.115. The first-order chi connectivity index (χ1) is 17.0. The van der Waals surface area contributed by atoms with Crippen LogP contribution in [0.2, 0.25) is 0 Å². The molecule has 0 aliphatic carbocycles. The lowest BCUT2D eigenvalue weighted by atomic mass is 10.1. The SMILES string of the molecule is Cc1ccc(N2C(=O)C(Cl)=C(Nc3cccc(C(=O)Nc4cccc(C(F)(F)F)c4)c3)C2=O)cc1C. The molecule has 3 aromatic carbocycles. The number of carbonyl (C=O) groups excluding carboxylic acids is 3. The van der Waals surface area contributed by atoms with E-state index in [0.29, 0.717) is 5.69 Å². The van der Waals surface area contributed by atoms with Crippen molar-refractivity contribution in [1.82, 2.24) is 0 Å². The zero-order valence-electron chi connectivity index (χ0n) is 19.0. The summed E-state index contributed by atoms with van der Waals surface area (Å²) in [6.45, 7) is 3.76. The number of amides is 3. The van der Waals surface area contributed by atoms with Crippen LogP contribution in [0.5, 0.6) is 0 Å². The first-order valence-corrected chi connectivity index (χ1v) is 11.0. The molecule has 0 aromatic heterocycles. The number of nitrogens with one attached hydrogen (secondary N) is 2. The summed E-state index contributed by atoms with van der Waals surface area (Å²) in [6, 6.07) is 15.3. The number of carbonyl (C=O) groups is 3. The van der Waals surface area contributed by atoms with Gasteiger partial charge in [0.05, 0.1) is 11.3 Å². The summed E-state index contributed by atoms with van der Waals surface area (Å²) in [7, 11) is 0. The molecule has 0 saturated carbocycles. The van der Waals surface area contributed by atoms with Crippen LogP contribution in [0.25, 0.3) is 0 Å². The molecule has 36 heavy (non-hydrogen) atoms. The quantitative estimate of drug-likeness (QED) is 0.410. The zero-order chi connectivity index (χ0) is 26.2. The lowest BCUT2D eigenvalue weighted by molar-refractivity contribution is -0.137. The van der Waals surface area contributed by atoms with Crippen molar-refractivity contribution >= 4 is 46.4 Å². The highest BCUT2D eigenvalue weighted by molar-refractivity contribution is 6.53. The van der Waals surface area contributed by atoms with E-state index in [9.17, 15) is 27.6 Å². The van der Waals surface area contributed by atoms with Crippen molar-refractivity contribution in [2.75, 3.05) is 15.5 Å². The number of rotatable bonds is 5. The number of benzene rings is 3. The average Bonchev–Trinajstić information content (AvgIpc) is 3.04. The van der Waals surface area contributed by atoms with Crippen LogP contribution in [0, 0.1) is 13.8 Å². The second-order valence-electron chi connectivity index (χ2n) is 8.14. The monoisotopic (exact) mass is 513 g/mol. The van der Waals surface area contributed by atoms with Gasteiger partial charge in [-0.3, -0.25) is 14.4 Å². The first kappa shape index (κ1) is 25.0. The molecule has 0 unspecified atom stereocenters. The molecule has 4 rings (SSSR count). The maximum Gasteiger partial charge on any atom is 0.416 e. The van der Waals surface area contributed by atoms with Crippen molar-refractivity contribution in [3.05, 3.63) is 99.7 Å². The van der Waals surface area contributed by atoms with Crippen molar-refractivity contribution in [3.8, 4) is 0 Å². The fourth-order valence-electron chi connectivity index (χ4n) is 3.57. The Hall–Kier alpha value is -4.11. The number of hydrogen-bond acceptors (Lipinski definition) is 4. The summed E-state index contributed by atoms with van der Waals surface area (Å²) in [5.74, 6) is -2.01. The van der Waals surface area contributed by atoms with Crippen molar-refractivity contribution in [1.29, 1.82) is 0 Å². The van der Waals surface area contributed by atoms with E-state index in [2.05, 4.69) is 10.6 Å². The molecule has 0 atom stereocenters. The highest BCUT2D eigenvalue weighted by Gasteiger charge is 2.39. The lowest BCUT2D eigenvalue weighted by Crippen LogP contribution is -2.32. The number of nitrogens with zero attached hydrogens (tertiary/aromatic N) is 1. The molecular formula is C26H19ClF3N3O3. The third-order valence-electron chi connectivity index (χ3n) is 5.62. The topological polar surface area (TPSA) is 78.5 Å². The molecule has 1 aliphatic rings. The van der Waals surface area contributed by atoms with Gasteiger partial charge >= 0.3 is 6.18 Å². The highest BCUT2D eigenvalue weighted by atomic mass is 35.5. The van der Waals surface area contributed by atoms with Crippen LogP contribution < -0.4 is 15.5 Å². The second kappa shape index (κ2) is 9.50. The van der Waals surface area contributed by atoms with Crippen LogP contribution in [0.1, 0.15) is 27.0 Å². The van der Waals surface area contributed by atoms with Crippen LogP contribution >= 0.6 is 11.6 Å². The molecule has 0 fully saturated rings. The number of aryl methyl sites for hydroxylation is 2. The van der Waals surface area contributed by atoms with Gasteiger partial charge in [-0.1, -0.05) is 29.8 Å². The van der Waals surface area contributed by atoms with Gasteiger partial charge in [0, 0.05) is 16.9 Å². The van der Waals surface area contributed by atoms with Gasteiger partial charge in [-0.15, -0.1) is 0 Å². The van der Waals surface area contributed by atoms with E-state index >= 15 is 0 Å². The van der Waals surface area contributed by atoms with E-state index in [1.165, 1.54) is 30.3 Å². The Morgan fingerprint density at radius 1 is 0.861 bits per heavy atom. The Morgan fingerprint density at radius 3 is 2.25 bits per heavy atom. The van der Waals surface area contributed by atoms with E-state index in [-0.39, 0.29) is 27.7 Å². The molecular weight excluding hydrogens is 495 g/mol. The van der Waals surface area contributed by atoms with Gasteiger partial charge in [-0.2, -0.15) is 13.2 Å².